The Hall–Kier alpha value is -2.03. The number of alkyl halides is 1. The van der Waals surface area contributed by atoms with Gasteiger partial charge in [0.15, 0.2) is 0 Å². The molecule has 1 aromatic heterocycles. The van der Waals surface area contributed by atoms with E-state index in [2.05, 4.69) is 25.7 Å². The van der Waals surface area contributed by atoms with E-state index >= 15 is 0 Å². The molecule has 3 rings (SSSR count). The van der Waals surface area contributed by atoms with Gasteiger partial charge in [0.2, 0.25) is 0 Å². The lowest BCUT2D eigenvalue weighted by molar-refractivity contribution is -0.385. The largest absolute Gasteiger partial charge is 0.396 e. The summed E-state index contributed by atoms with van der Waals surface area (Å²) in [5.74, 6) is 1.20. The fourth-order valence-corrected chi connectivity index (χ4v) is 5.94. The summed E-state index contributed by atoms with van der Waals surface area (Å²) in [6.45, 7) is 7.06. The molecule has 11 heteroatoms. The number of rotatable bonds is 10. The van der Waals surface area contributed by atoms with Crippen LogP contribution in [0.25, 0.3) is 0 Å². The van der Waals surface area contributed by atoms with Gasteiger partial charge in [-0.3, -0.25) is 14.7 Å². The minimum absolute atomic E-state index is 0.0295. The molecule has 9 nitrogen and oxygen atoms in total. The summed E-state index contributed by atoms with van der Waals surface area (Å²) < 4.78 is 11.6. The van der Waals surface area contributed by atoms with Crippen LogP contribution in [0.4, 0.5) is 11.5 Å². The van der Waals surface area contributed by atoms with E-state index in [0.717, 1.165) is 30.4 Å². The van der Waals surface area contributed by atoms with Crippen molar-refractivity contribution in [3.63, 3.8) is 0 Å². The molecular weight excluding hydrogens is 505 g/mol. The number of pyridine rings is 1. The molecule has 1 aliphatic rings. The van der Waals surface area contributed by atoms with Crippen molar-refractivity contribution in [3.8, 4) is 0 Å². The number of aliphatic hydroxyl groups excluding tert-OH is 1. The zero-order valence-electron chi connectivity index (χ0n) is 20.9. The topological polar surface area (TPSA) is 137 Å². The Balaban J connectivity index is 1.81. The first-order chi connectivity index (χ1) is 16.8. The maximum Gasteiger partial charge on any atom is 0.356 e. The van der Waals surface area contributed by atoms with Crippen molar-refractivity contribution in [1.29, 1.82) is 0 Å². The number of benzene rings is 1. The smallest absolute Gasteiger partial charge is 0.356 e. The van der Waals surface area contributed by atoms with E-state index in [1.54, 1.807) is 0 Å². The van der Waals surface area contributed by atoms with Crippen molar-refractivity contribution in [2.75, 3.05) is 18.1 Å². The van der Waals surface area contributed by atoms with Gasteiger partial charge in [0, 0.05) is 47.8 Å². The molecule has 3 atom stereocenters. The molecule has 1 heterocycles. The van der Waals surface area contributed by atoms with Gasteiger partial charge in [-0.15, -0.1) is 11.6 Å². The van der Waals surface area contributed by atoms with Crippen LogP contribution in [0.2, 0.25) is 0 Å². The first-order valence-electron chi connectivity index (χ1n) is 12.1. The fraction of sp³-hybridized carbons (Fsp3) is 0.560. The normalized spacial score (nSPS) is 20.5. The molecule has 1 saturated carbocycles. The van der Waals surface area contributed by atoms with E-state index < -0.39 is 12.5 Å². The molecule has 0 spiro atoms. The Kier molecular flexibility index (Phi) is 9.17. The Morgan fingerprint density at radius 2 is 1.92 bits per heavy atom. The van der Waals surface area contributed by atoms with E-state index in [1.807, 2.05) is 18.2 Å². The maximum atomic E-state index is 11.6. The Morgan fingerprint density at radius 3 is 2.53 bits per heavy atom. The molecule has 1 fully saturated rings. The summed E-state index contributed by atoms with van der Waals surface area (Å²) in [7, 11) is -4.58. The number of nitrogens with zero attached hydrogens (tertiary/aromatic N) is 3. The van der Waals surface area contributed by atoms with Gasteiger partial charge < -0.3 is 19.8 Å². The van der Waals surface area contributed by atoms with Gasteiger partial charge in [0.05, 0.1) is 10.2 Å². The summed E-state index contributed by atoms with van der Waals surface area (Å²) in [6.07, 6.45) is 3.34. The lowest BCUT2D eigenvalue weighted by Gasteiger charge is -2.40. The number of nitro groups is 1. The second-order valence-electron chi connectivity index (χ2n) is 10.4. The highest BCUT2D eigenvalue weighted by atomic mass is 35.5. The molecule has 1 aromatic carbocycles. The molecule has 0 amide bonds. The van der Waals surface area contributed by atoms with Crippen molar-refractivity contribution < 1.29 is 24.4 Å². The molecule has 0 radical (unpaired) electrons. The summed E-state index contributed by atoms with van der Waals surface area (Å²) in [4.78, 5) is 36.8. The second kappa shape index (κ2) is 11.6. The zero-order chi connectivity index (χ0) is 26.7. The molecule has 198 valence electrons. The van der Waals surface area contributed by atoms with E-state index in [1.165, 1.54) is 12.1 Å². The lowest BCUT2D eigenvalue weighted by Crippen LogP contribution is -2.46. The predicted octanol–water partition coefficient (Wildman–Crippen LogP) is 4.20. The van der Waals surface area contributed by atoms with Crippen molar-refractivity contribution >= 4 is 36.0 Å². The maximum absolute atomic E-state index is 11.6. The number of hydrogen-bond donors (Lipinski definition) is 3. The molecule has 3 N–H and O–H groups in total. The molecule has 0 bridgehead atoms. The average Bonchev–Trinajstić information content (AvgIpc) is 3.13. The van der Waals surface area contributed by atoms with Crippen LogP contribution in [0.5, 0.6) is 0 Å². The zero-order valence-corrected chi connectivity index (χ0v) is 22.5. The molecule has 36 heavy (non-hydrogen) atoms. The summed E-state index contributed by atoms with van der Waals surface area (Å²) >= 11 is 6.80. The Labute approximate surface area is 216 Å². The average molecular weight is 540 g/mol. The van der Waals surface area contributed by atoms with Gasteiger partial charge in [-0.2, -0.15) is 0 Å². The van der Waals surface area contributed by atoms with E-state index in [0.29, 0.717) is 31.4 Å². The third-order valence-electron chi connectivity index (χ3n) is 6.91. The highest BCUT2D eigenvalue weighted by Crippen LogP contribution is 2.41. The molecule has 0 aliphatic heterocycles. The van der Waals surface area contributed by atoms with Crippen LogP contribution in [-0.2, 0) is 17.4 Å². The Bertz CT molecular complexity index is 1120. The van der Waals surface area contributed by atoms with Crippen molar-refractivity contribution in [2.45, 2.75) is 63.8 Å². The molecule has 1 unspecified atom stereocenters. The van der Waals surface area contributed by atoms with Gasteiger partial charge in [-0.25, -0.2) is 4.98 Å². The lowest BCUT2D eigenvalue weighted by atomic mass is 9.88. The number of hydrogen-bond acceptors (Lipinski definition) is 6. The van der Waals surface area contributed by atoms with Gasteiger partial charge >= 0.3 is 7.60 Å². The third kappa shape index (κ3) is 7.05. The van der Waals surface area contributed by atoms with Gasteiger partial charge in [-0.1, -0.05) is 12.1 Å². The summed E-state index contributed by atoms with van der Waals surface area (Å²) in [6, 6.07) is 9.51. The van der Waals surface area contributed by atoms with Crippen LogP contribution >= 0.6 is 19.2 Å². The Morgan fingerprint density at radius 1 is 1.19 bits per heavy atom. The standard InChI is InChI=1S/C25H35ClN3O6P/c1-25(2,3)28(24-6-4-5-19(27-24)13-14-30)16-21-17(10-12-22(21)26)7-8-18-9-11-20(36(33,34)35)15-23(18)29(31)32/h4-6,9,11,15,17,21-22,30H,7-8,10,12-14,16H2,1-3H3,(H2,33,34,35)/t17-,21+,22?/m0/s1. The number of anilines is 1. The van der Waals surface area contributed by atoms with E-state index in [-0.39, 0.29) is 40.4 Å². The quantitative estimate of drug-likeness (QED) is 0.177. The first-order valence-corrected chi connectivity index (χ1v) is 14.2. The fourth-order valence-electron chi connectivity index (χ4n) is 4.97. The van der Waals surface area contributed by atoms with Crippen LogP contribution in [0.1, 0.15) is 51.3 Å². The van der Waals surface area contributed by atoms with E-state index in [4.69, 9.17) is 16.6 Å². The minimum Gasteiger partial charge on any atom is -0.396 e. The van der Waals surface area contributed by atoms with Crippen molar-refractivity contribution in [2.24, 2.45) is 11.8 Å². The van der Waals surface area contributed by atoms with Crippen LogP contribution in [0.15, 0.2) is 36.4 Å². The van der Waals surface area contributed by atoms with Crippen molar-refractivity contribution in [1.82, 2.24) is 4.98 Å². The summed E-state index contributed by atoms with van der Waals surface area (Å²) in [5.41, 5.74) is 0.779. The van der Waals surface area contributed by atoms with Crippen LogP contribution < -0.4 is 10.2 Å². The molecular formula is C25H35ClN3O6P. The van der Waals surface area contributed by atoms with Gasteiger partial charge in [0.25, 0.3) is 5.69 Å². The summed E-state index contributed by atoms with van der Waals surface area (Å²) in [5, 5.41) is 20.5. The predicted molar refractivity (Wildman–Crippen MR) is 141 cm³/mol. The second-order valence-corrected chi connectivity index (χ2v) is 12.6. The van der Waals surface area contributed by atoms with Crippen LogP contribution in [0, 0.1) is 22.0 Å². The van der Waals surface area contributed by atoms with Crippen LogP contribution in [-0.4, -0.2) is 48.9 Å². The molecule has 2 aromatic rings. The number of nitro benzene ring substituents is 1. The van der Waals surface area contributed by atoms with Crippen molar-refractivity contribution in [3.05, 3.63) is 57.8 Å². The monoisotopic (exact) mass is 539 g/mol. The number of aryl methyl sites for hydroxylation is 1. The van der Waals surface area contributed by atoms with E-state index in [9.17, 15) is 29.6 Å². The molecule has 1 aliphatic carbocycles. The highest BCUT2D eigenvalue weighted by Gasteiger charge is 2.38. The first kappa shape index (κ1) is 28.5. The third-order valence-corrected chi connectivity index (χ3v) is 8.40. The number of aliphatic hydroxyl groups is 1. The minimum atomic E-state index is -4.58. The number of halogens is 1. The van der Waals surface area contributed by atoms with Crippen LogP contribution in [0.3, 0.4) is 0 Å². The van der Waals surface area contributed by atoms with Gasteiger partial charge in [0.1, 0.15) is 5.82 Å². The number of aromatic nitrogens is 1. The molecule has 0 saturated heterocycles. The SMILES string of the molecule is CC(C)(C)N(C[C@H]1C(Cl)CC[C@@H]1CCc1ccc(P(=O)(O)O)cc1[N+](=O)[O-])c1cccc(CCO)n1. The van der Waals surface area contributed by atoms with Gasteiger partial charge in [-0.05, 0) is 76.5 Å². The highest BCUT2D eigenvalue weighted by molar-refractivity contribution is 7.60.